The lowest BCUT2D eigenvalue weighted by molar-refractivity contribution is -0.384. The molecule has 154 valence electrons. The number of non-ortho nitro benzene ring substituents is 1. The fraction of sp³-hybridized carbons (Fsp3) is 0.316. The van der Waals surface area contributed by atoms with E-state index in [9.17, 15) is 28.1 Å². The van der Waals surface area contributed by atoms with Crippen LogP contribution in [-0.2, 0) is 15.7 Å². The van der Waals surface area contributed by atoms with Gasteiger partial charge in [0.25, 0.3) is 11.6 Å². The Bertz CT molecular complexity index is 941. The van der Waals surface area contributed by atoms with Crippen LogP contribution in [0, 0.1) is 17.0 Å². The zero-order valence-corrected chi connectivity index (χ0v) is 15.4. The molecule has 0 aromatic heterocycles. The Hall–Kier alpha value is -2.98. The van der Waals surface area contributed by atoms with E-state index in [0.29, 0.717) is 13.2 Å². The van der Waals surface area contributed by atoms with Crippen molar-refractivity contribution in [3.63, 3.8) is 0 Å². The first-order valence-electron chi connectivity index (χ1n) is 8.76. The van der Waals surface area contributed by atoms with Crippen LogP contribution in [0.25, 0.3) is 11.1 Å². The predicted octanol–water partition coefficient (Wildman–Crippen LogP) is 3.52. The van der Waals surface area contributed by atoms with E-state index in [4.69, 9.17) is 4.74 Å². The maximum atomic E-state index is 13.3. The second-order valence-corrected chi connectivity index (χ2v) is 6.57. The lowest BCUT2D eigenvalue weighted by Crippen LogP contribution is -2.45. The number of hydrogen-bond acceptors (Lipinski definition) is 5. The van der Waals surface area contributed by atoms with Gasteiger partial charge >= 0.3 is 6.18 Å². The van der Waals surface area contributed by atoms with Gasteiger partial charge in [-0.3, -0.25) is 14.9 Å². The van der Waals surface area contributed by atoms with Crippen molar-refractivity contribution in [1.29, 1.82) is 0 Å². The highest BCUT2D eigenvalue weighted by Gasteiger charge is 2.33. The molecule has 1 aliphatic heterocycles. The Morgan fingerprint density at radius 2 is 2.03 bits per heavy atom. The van der Waals surface area contributed by atoms with Gasteiger partial charge in [-0.25, -0.2) is 0 Å². The highest BCUT2D eigenvalue weighted by atomic mass is 19.4. The van der Waals surface area contributed by atoms with Gasteiger partial charge in [0, 0.05) is 36.5 Å². The highest BCUT2D eigenvalue weighted by Crippen LogP contribution is 2.38. The Morgan fingerprint density at radius 3 is 2.66 bits per heavy atom. The first-order chi connectivity index (χ1) is 13.7. The molecule has 10 heteroatoms. The van der Waals surface area contributed by atoms with Crippen LogP contribution in [0.4, 0.5) is 24.5 Å². The topological polar surface area (TPSA) is 93.5 Å². The molecule has 0 saturated carbocycles. The number of carbonyl (C=O) groups excluding carboxylic acids is 1. The molecule has 1 saturated heterocycles. The third-order valence-corrected chi connectivity index (χ3v) is 4.55. The number of nitrogens with one attached hydrogen (secondary N) is 2. The molecular formula is C19H18F3N3O4. The van der Waals surface area contributed by atoms with E-state index >= 15 is 0 Å². The number of nitrogens with zero attached hydrogens (tertiary/aromatic N) is 1. The van der Waals surface area contributed by atoms with Crippen molar-refractivity contribution in [2.45, 2.75) is 19.2 Å². The molecule has 2 aromatic carbocycles. The van der Waals surface area contributed by atoms with Crippen molar-refractivity contribution in [2.24, 2.45) is 0 Å². The molecule has 0 aliphatic carbocycles. The molecule has 1 amide bonds. The minimum atomic E-state index is -4.58. The first-order valence-corrected chi connectivity index (χ1v) is 8.76. The second kappa shape index (κ2) is 8.18. The van der Waals surface area contributed by atoms with Gasteiger partial charge in [0.2, 0.25) is 0 Å². The SMILES string of the molecule is Cc1ccc(-c2cc([N+](=O)[O-])ccc2NC(=O)C2CNCCO2)cc1C(F)(F)F. The van der Waals surface area contributed by atoms with E-state index in [-0.39, 0.29) is 34.6 Å². The van der Waals surface area contributed by atoms with Gasteiger partial charge in [-0.2, -0.15) is 13.2 Å². The number of morpholine rings is 1. The minimum absolute atomic E-state index is 0.0268. The molecule has 1 heterocycles. The lowest BCUT2D eigenvalue weighted by atomic mass is 9.97. The Morgan fingerprint density at radius 1 is 1.28 bits per heavy atom. The quantitative estimate of drug-likeness (QED) is 0.595. The van der Waals surface area contributed by atoms with Gasteiger partial charge in [0.1, 0.15) is 6.10 Å². The van der Waals surface area contributed by atoms with Gasteiger partial charge < -0.3 is 15.4 Å². The summed E-state index contributed by atoms with van der Waals surface area (Å²) in [5.74, 6) is -0.490. The monoisotopic (exact) mass is 409 g/mol. The van der Waals surface area contributed by atoms with Crippen molar-refractivity contribution >= 4 is 17.3 Å². The summed E-state index contributed by atoms with van der Waals surface area (Å²) in [6.45, 7) is 2.57. The molecule has 1 unspecified atom stereocenters. The molecule has 7 nitrogen and oxygen atoms in total. The number of alkyl halides is 3. The summed E-state index contributed by atoms with van der Waals surface area (Å²) in [6.07, 6.45) is -5.35. The average Bonchev–Trinajstić information content (AvgIpc) is 2.68. The van der Waals surface area contributed by atoms with Gasteiger partial charge in [-0.05, 0) is 30.2 Å². The number of nitro benzene ring substituents is 1. The molecule has 0 radical (unpaired) electrons. The number of halogens is 3. The third-order valence-electron chi connectivity index (χ3n) is 4.55. The normalized spacial score (nSPS) is 17.0. The molecule has 1 aliphatic rings. The maximum Gasteiger partial charge on any atom is 0.416 e. The molecule has 29 heavy (non-hydrogen) atoms. The molecule has 1 atom stereocenters. The fourth-order valence-corrected chi connectivity index (χ4v) is 3.04. The van der Waals surface area contributed by atoms with Crippen molar-refractivity contribution in [1.82, 2.24) is 5.32 Å². The molecule has 3 rings (SSSR count). The van der Waals surface area contributed by atoms with Crippen molar-refractivity contribution < 1.29 is 27.6 Å². The summed E-state index contributed by atoms with van der Waals surface area (Å²) in [5.41, 5.74) is -0.751. The number of carbonyl (C=O) groups is 1. The molecule has 2 N–H and O–H groups in total. The smallest absolute Gasteiger partial charge is 0.366 e. The van der Waals surface area contributed by atoms with Crippen LogP contribution in [0.2, 0.25) is 0 Å². The molecular weight excluding hydrogens is 391 g/mol. The summed E-state index contributed by atoms with van der Waals surface area (Å²) in [5, 5.41) is 16.8. The zero-order chi connectivity index (χ0) is 21.2. The first kappa shape index (κ1) is 20.7. The maximum absolute atomic E-state index is 13.3. The van der Waals surface area contributed by atoms with E-state index in [1.165, 1.54) is 31.2 Å². The number of rotatable bonds is 4. The van der Waals surface area contributed by atoms with Crippen LogP contribution in [0.3, 0.4) is 0 Å². The van der Waals surface area contributed by atoms with Crippen molar-refractivity contribution in [2.75, 3.05) is 25.0 Å². The summed E-state index contributed by atoms with van der Waals surface area (Å²) in [4.78, 5) is 23.0. The van der Waals surface area contributed by atoms with Crippen LogP contribution in [0.5, 0.6) is 0 Å². The minimum Gasteiger partial charge on any atom is -0.366 e. The number of nitro groups is 1. The largest absolute Gasteiger partial charge is 0.416 e. The van der Waals surface area contributed by atoms with Crippen LogP contribution in [0.1, 0.15) is 11.1 Å². The van der Waals surface area contributed by atoms with Gasteiger partial charge in [-0.1, -0.05) is 12.1 Å². The standard InChI is InChI=1S/C19H18F3N3O4/c1-11-2-3-12(8-15(11)19(20,21)22)14-9-13(25(27)28)4-5-16(14)24-18(26)17-10-23-6-7-29-17/h2-5,8-9,17,23H,6-7,10H2,1H3,(H,24,26). The summed E-state index contributed by atoms with van der Waals surface area (Å²) >= 11 is 0. The molecule has 0 bridgehead atoms. The Balaban J connectivity index is 2.03. The molecule has 0 spiro atoms. The summed E-state index contributed by atoms with van der Waals surface area (Å²) in [6, 6.07) is 7.25. The number of aryl methyl sites for hydroxylation is 1. The van der Waals surface area contributed by atoms with E-state index in [0.717, 1.165) is 12.1 Å². The van der Waals surface area contributed by atoms with Crippen LogP contribution < -0.4 is 10.6 Å². The number of ether oxygens (including phenoxy) is 1. The number of amides is 1. The number of benzene rings is 2. The van der Waals surface area contributed by atoms with Crippen molar-refractivity contribution in [3.05, 3.63) is 57.6 Å². The van der Waals surface area contributed by atoms with Crippen LogP contribution in [0.15, 0.2) is 36.4 Å². The number of hydrogen-bond donors (Lipinski definition) is 2. The predicted molar refractivity (Wildman–Crippen MR) is 99.5 cm³/mol. The Kier molecular flexibility index (Phi) is 5.85. The van der Waals surface area contributed by atoms with Gasteiger partial charge in [-0.15, -0.1) is 0 Å². The average molecular weight is 409 g/mol. The molecule has 2 aromatic rings. The second-order valence-electron chi connectivity index (χ2n) is 6.57. The number of anilines is 1. The van der Waals surface area contributed by atoms with Gasteiger partial charge in [0.15, 0.2) is 0 Å². The van der Waals surface area contributed by atoms with Crippen molar-refractivity contribution in [3.8, 4) is 11.1 Å². The van der Waals surface area contributed by atoms with E-state index in [2.05, 4.69) is 10.6 Å². The zero-order valence-electron chi connectivity index (χ0n) is 15.4. The molecule has 1 fully saturated rings. The third kappa shape index (κ3) is 4.72. The van der Waals surface area contributed by atoms with E-state index in [1.807, 2.05) is 0 Å². The van der Waals surface area contributed by atoms with Crippen LogP contribution >= 0.6 is 0 Å². The highest BCUT2D eigenvalue weighted by molar-refractivity contribution is 5.98. The van der Waals surface area contributed by atoms with E-state index < -0.39 is 28.7 Å². The van der Waals surface area contributed by atoms with Crippen LogP contribution in [-0.4, -0.2) is 36.6 Å². The summed E-state index contributed by atoms with van der Waals surface area (Å²) in [7, 11) is 0. The lowest BCUT2D eigenvalue weighted by Gasteiger charge is -2.23. The fourth-order valence-electron chi connectivity index (χ4n) is 3.04. The van der Waals surface area contributed by atoms with E-state index in [1.54, 1.807) is 0 Å². The van der Waals surface area contributed by atoms with Gasteiger partial charge in [0.05, 0.1) is 17.1 Å². The Labute approximate surface area is 164 Å². The summed E-state index contributed by atoms with van der Waals surface area (Å²) < 4.78 is 45.3.